The molecule has 0 unspecified atom stereocenters. The summed E-state index contributed by atoms with van der Waals surface area (Å²) >= 11 is 0. The second kappa shape index (κ2) is 3.12. The highest BCUT2D eigenvalue weighted by atomic mass is 19.1. The first kappa shape index (κ1) is 9.25. The Morgan fingerprint density at radius 3 is 2.27 bits per heavy atom. The predicted octanol–water partition coefficient (Wildman–Crippen LogP) is -0.425. The molecule has 6 nitrogen and oxygen atoms in total. The average molecular weight is 210 g/mol. The number of nitrogens with zero attached hydrogens (tertiary/aromatic N) is 1. The van der Waals surface area contributed by atoms with Crippen LogP contribution in [0.3, 0.4) is 0 Å². The number of nitrogen functional groups attached to an aromatic ring is 1. The fraction of sp³-hybridized carbons (Fsp3) is 0. The number of hydrogen-bond acceptors (Lipinski definition) is 3. The van der Waals surface area contributed by atoms with Gasteiger partial charge in [0.1, 0.15) is 5.82 Å². The molecule has 78 valence electrons. The Balaban J connectivity index is 2.74. The van der Waals surface area contributed by atoms with Gasteiger partial charge < -0.3 is 5.73 Å². The monoisotopic (exact) mass is 210 g/mol. The number of benzene rings is 1. The number of halogens is 1. The van der Waals surface area contributed by atoms with Crippen molar-refractivity contribution in [2.45, 2.75) is 0 Å². The first-order chi connectivity index (χ1) is 7.08. The van der Waals surface area contributed by atoms with Gasteiger partial charge in [-0.25, -0.2) is 28.7 Å². The quantitative estimate of drug-likeness (QED) is 0.557. The zero-order valence-electron chi connectivity index (χ0n) is 7.45. The Bertz CT molecular complexity index is 562. The third kappa shape index (κ3) is 1.54. The van der Waals surface area contributed by atoms with Gasteiger partial charge in [0.2, 0.25) is 0 Å². The maximum Gasteiger partial charge on any atom is 0.348 e. The van der Waals surface area contributed by atoms with Crippen molar-refractivity contribution in [2.75, 3.05) is 5.73 Å². The van der Waals surface area contributed by atoms with Crippen molar-refractivity contribution in [3.05, 3.63) is 45.0 Å². The number of nitrogens with one attached hydrogen (secondary N) is 2. The molecule has 0 spiro atoms. The van der Waals surface area contributed by atoms with Crippen LogP contribution in [0.15, 0.2) is 27.8 Å². The Morgan fingerprint density at radius 2 is 1.73 bits per heavy atom. The van der Waals surface area contributed by atoms with Crippen LogP contribution in [0.25, 0.3) is 5.69 Å². The Morgan fingerprint density at radius 1 is 1.13 bits per heavy atom. The van der Waals surface area contributed by atoms with Crippen molar-refractivity contribution < 1.29 is 4.39 Å². The number of rotatable bonds is 1. The molecule has 0 radical (unpaired) electrons. The summed E-state index contributed by atoms with van der Waals surface area (Å²) in [5, 5.41) is 4.16. The lowest BCUT2D eigenvalue weighted by atomic mass is 10.2. The summed E-state index contributed by atoms with van der Waals surface area (Å²) < 4.78 is 13.7. The van der Waals surface area contributed by atoms with Crippen LogP contribution < -0.4 is 17.1 Å². The minimum atomic E-state index is -0.676. The van der Waals surface area contributed by atoms with Gasteiger partial charge in [-0.15, -0.1) is 0 Å². The van der Waals surface area contributed by atoms with Crippen molar-refractivity contribution in [2.24, 2.45) is 0 Å². The Kier molecular flexibility index (Phi) is 1.93. The van der Waals surface area contributed by atoms with Crippen LogP contribution in [-0.2, 0) is 0 Å². The summed E-state index contributed by atoms with van der Waals surface area (Å²) in [5.74, 6) is -0.613. The number of H-pyrrole nitrogens is 2. The van der Waals surface area contributed by atoms with Gasteiger partial charge in [0.15, 0.2) is 0 Å². The first-order valence-corrected chi connectivity index (χ1v) is 4.04. The lowest BCUT2D eigenvalue weighted by Gasteiger charge is -2.00. The molecule has 2 aromatic rings. The van der Waals surface area contributed by atoms with Gasteiger partial charge in [-0.1, -0.05) is 0 Å². The van der Waals surface area contributed by atoms with Crippen LogP contribution >= 0.6 is 0 Å². The van der Waals surface area contributed by atoms with Gasteiger partial charge in [-0.2, -0.15) is 0 Å². The number of aromatic nitrogens is 3. The Labute approximate surface area is 82.1 Å². The zero-order valence-corrected chi connectivity index (χ0v) is 7.45. The van der Waals surface area contributed by atoms with Crippen molar-refractivity contribution in [3.63, 3.8) is 0 Å². The van der Waals surface area contributed by atoms with Crippen molar-refractivity contribution in [3.8, 4) is 5.69 Å². The molecule has 15 heavy (non-hydrogen) atoms. The SMILES string of the molecule is Nc1cc(F)cc(-n2c(=O)[nH][nH]c2=O)c1. The van der Waals surface area contributed by atoms with Crippen LogP contribution in [-0.4, -0.2) is 14.8 Å². The smallest absolute Gasteiger partial charge is 0.348 e. The summed E-state index contributed by atoms with van der Waals surface area (Å²) in [6.45, 7) is 0. The van der Waals surface area contributed by atoms with E-state index in [4.69, 9.17) is 5.73 Å². The van der Waals surface area contributed by atoms with E-state index in [9.17, 15) is 14.0 Å². The van der Waals surface area contributed by atoms with E-state index in [1.165, 1.54) is 6.07 Å². The average Bonchev–Trinajstić information content (AvgIpc) is 2.44. The highest BCUT2D eigenvalue weighted by Crippen LogP contribution is 2.11. The fourth-order valence-corrected chi connectivity index (χ4v) is 1.27. The van der Waals surface area contributed by atoms with Gasteiger partial charge in [0.25, 0.3) is 0 Å². The van der Waals surface area contributed by atoms with Gasteiger partial charge in [0, 0.05) is 5.69 Å². The molecule has 4 N–H and O–H groups in total. The molecule has 0 bridgehead atoms. The summed E-state index contributed by atoms with van der Waals surface area (Å²) in [6, 6.07) is 3.46. The normalized spacial score (nSPS) is 10.5. The molecule has 1 heterocycles. The highest BCUT2D eigenvalue weighted by molar-refractivity contribution is 5.47. The molecule has 0 saturated heterocycles. The van der Waals surface area contributed by atoms with E-state index in [-0.39, 0.29) is 11.4 Å². The van der Waals surface area contributed by atoms with E-state index in [0.717, 1.165) is 16.7 Å². The minimum Gasteiger partial charge on any atom is -0.399 e. The molecular weight excluding hydrogens is 203 g/mol. The van der Waals surface area contributed by atoms with Gasteiger partial charge >= 0.3 is 11.4 Å². The summed E-state index contributed by atoms with van der Waals surface area (Å²) in [5.41, 5.74) is 4.26. The van der Waals surface area contributed by atoms with E-state index >= 15 is 0 Å². The van der Waals surface area contributed by atoms with E-state index in [0.29, 0.717) is 0 Å². The number of nitrogens with two attached hydrogens (primary N) is 1. The molecule has 0 aliphatic heterocycles. The lowest BCUT2D eigenvalue weighted by molar-refractivity contribution is 0.627. The van der Waals surface area contributed by atoms with E-state index in [1.54, 1.807) is 0 Å². The molecule has 0 amide bonds. The largest absolute Gasteiger partial charge is 0.399 e. The van der Waals surface area contributed by atoms with Crippen molar-refractivity contribution in [1.29, 1.82) is 0 Å². The minimum absolute atomic E-state index is 0.0833. The molecule has 0 aliphatic carbocycles. The van der Waals surface area contributed by atoms with Crippen LogP contribution in [0, 0.1) is 5.82 Å². The van der Waals surface area contributed by atoms with Gasteiger partial charge in [-0.05, 0) is 18.2 Å². The molecule has 0 saturated carbocycles. The number of aromatic amines is 2. The summed E-state index contributed by atoms with van der Waals surface area (Å²) in [6.07, 6.45) is 0. The molecule has 0 aliphatic rings. The van der Waals surface area contributed by atoms with E-state index < -0.39 is 17.2 Å². The van der Waals surface area contributed by atoms with Crippen LogP contribution in [0.2, 0.25) is 0 Å². The first-order valence-electron chi connectivity index (χ1n) is 4.04. The fourth-order valence-electron chi connectivity index (χ4n) is 1.27. The molecule has 0 fully saturated rings. The van der Waals surface area contributed by atoms with Crippen molar-refractivity contribution in [1.82, 2.24) is 14.8 Å². The van der Waals surface area contributed by atoms with Crippen LogP contribution in [0.1, 0.15) is 0 Å². The molecule has 7 heteroatoms. The van der Waals surface area contributed by atoms with Crippen LogP contribution in [0.5, 0.6) is 0 Å². The zero-order chi connectivity index (χ0) is 11.0. The van der Waals surface area contributed by atoms with E-state index in [1.807, 2.05) is 0 Å². The maximum atomic E-state index is 13.0. The topological polar surface area (TPSA) is 96.7 Å². The maximum absolute atomic E-state index is 13.0. The molecule has 1 aromatic carbocycles. The second-order valence-corrected chi connectivity index (χ2v) is 2.94. The lowest BCUT2D eigenvalue weighted by Crippen LogP contribution is -2.24. The number of anilines is 1. The molecule has 0 atom stereocenters. The highest BCUT2D eigenvalue weighted by Gasteiger charge is 2.07. The standard InChI is InChI=1S/C8H7FN4O2/c9-4-1-5(10)3-6(2-4)13-7(14)11-12-8(13)15/h1-3H,10H2,(H,11,14)(H,12,15). The summed E-state index contributed by atoms with van der Waals surface area (Å²) in [7, 11) is 0. The molecule has 2 rings (SSSR count). The number of hydrogen-bond donors (Lipinski definition) is 3. The molecular formula is C8H7FN4O2. The second-order valence-electron chi connectivity index (χ2n) is 2.94. The van der Waals surface area contributed by atoms with Gasteiger partial charge in [-0.3, -0.25) is 0 Å². The third-order valence-electron chi connectivity index (χ3n) is 1.85. The van der Waals surface area contributed by atoms with Crippen molar-refractivity contribution >= 4 is 5.69 Å². The Hall–Kier alpha value is -2.31. The molecule has 1 aromatic heterocycles. The predicted molar refractivity (Wildman–Crippen MR) is 51.4 cm³/mol. The van der Waals surface area contributed by atoms with Gasteiger partial charge in [0.05, 0.1) is 5.69 Å². The van der Waals surface area contributed by atoms with Crippen LogP contribution in [0.4, 0.5) is 10.1 Å². The summed E-state index contributed by atoms with van der Waals surface area (Å²) in [4.78, 5) is 22.4. The van der Waals surface area contributed by atoms with E-state index in [2.05, 4.69) is 10.2 Å². The third-order valence-corrected chi connectivity index (χ3v) is 1.85.